The predicted octanol–water partition coefficient (Wildman–Crippen LogP) is 3.10. The number of anilines is 1. The third-order valence-corrected chi connectivity index (χ3v) is 3.94. The molecule has 1 N–H and O–H groups in total. The van der Waals surface area contributed by atoms with Crippen LogP contribution in [-0.2, 0) is 0 Å². The van der Waals surface area contributed by atoms with Gasteiger partial charge in [-0.05, 0) is 37.2 Å². The average molecular weight is 274 g/mol. The molecular formula is C14H18N4O2. The molecule has 1 fully saturated rings. The second kappa shape index (κ2) is 5.87. The summed E-state index contributed by atoms with van der Waals surface area (Å²) < 4.78 is 0. The summed E-state index contributed by atoms with van der Waals surface area (Å²) in [5, 5.41) is 23.0. The summed E-state index contributed by atoms with van der Waals surface area (Å²) in [4.78, 5) is 14.2. The average Bonchev–Trinajstić information content (AvgIpc) is 2.41. The monoisotopic (exact) mass is 274 g/mol. The Hall–Kier alpha value is -2.16. The van der Waals surface area contributed by atoms with Crippen LogP contribution in [0.5, 0.6) is 0 Å². The van der Waals surface area contributed by atoms with Crippen LogP contribution < -0.4 is 5.32 Å². The first-order chi connectivity index (χ1) is 9.51. The molecule has 0 radical (unpaired) electrons. The molecule has 1 aromatic heterocycles. The van der Waals surface area contributed by atoms with E-state index in [1.54, 1.807) is 12.1 Å². The van der Waals surface area contributed by atoms with Gasteiger partial charge in [0.05, 0.1) is 4.92 Å². The first-order valence-corrected chi connectivity index (χ1v) is 6.83. The third kappa shape index (κ3) is 3.05. The Morgan fingerprint density at radius 1 is 1.45 bits per heavy atom. The lowest BCUT2D eigenvalue weighted by Gasteiger charge is -2.33. The number of hydrogen-bond donors (Lipinski definition) is 1. The number of hydrogen-bond acceptors (Lipinski definition) is 5. The Balaban J connectivity index is 2.14. The minimum atomic E-state index is -0.583. The summed E-state index contributed by atoms with van der Waals surface area (Å²) in [7, 11) is 0. The van der Waals surface area contributed by atoms with Crippen LogP contribution in [0.15, 0.2) is 12.1 Å². The standard InChI is InChI=1S/C14H18N4O2/c1-9-3-4-11(10(2)7-9)16-14-6-5-13(18(19)20)12(8-15)17-14/h5-6,9-11H,3-4,7H2,1-2H3,(H,16,17). The SMILES string of the molecule is CC1CCC(Nc2ccc([N+](=O)[O-])c(C#N)n2)C(C)C1. The molecule has 6 heteroatoms. The lowest BCUT2D eigenvalue weighted by atomic mass is 9.80. The van der Waals surface area contributed by atoms with Gasteiger partial charge in [0, 0.05) is 12.1 Å². The van der Waals surface area contributed by atoms with Gasteiger partial charge in [0.25, 0.3) is 0 Å². The maximum absolute atomic E-state index is 10.8. The number of nitrogens with one attached hydrogen (secondary N) is 1. The molecule has 0 spiro atoms. The van der Waals surface area contributed by atoms with Crippen LogP contribution in [0.4, 0.5) is 11.5 Å². The zero-order valence-corrected chi connectivity index (χ0v) is 11.7. The minimum absolute atomic E-state index is 0.142. The smallest absolute Gasteiger partial charge is 0.305 e. The molecule has 0 saturated heterocycles. The van der Waals surface area contributed by atoms with Crippen molar-refractivity contribution < 1.29 is 4.92 Å². The molecule has 20 heavy (non-hydrogen) atoms. The van der Waals surface area contributed by atoms with Crippen LogP contribution in [0.1, 0.15) is 38.8 Å². The van der Waals surface area contributed by atoms with Crippen LogP contribution in [0.25, 0.3) is 0 Å². The third-order valence-electron chi connectivity index (χ3n) is 3.94. The fraction of sp³-hybridized carbons (Fsp3) is 0.571. The molecule has 1 saturated carbocycles. The molecule has 0 amide bonds. The van der Waals surface area contributed by atoms with Crippen molar-refractivity contribution in [3.63, 3.8) is 0 Å². The van der Waals surface area contributed by atoms with E-state index in [0.29, 0.717) is 17.8 Å². The van der Waals surface area contributed by atoms with Crippen LogP contribution in [0.3, 0.4) is 0 Å². The highest BCUT2D eigenvalue weighted by atomic mass is 16.6. The molecule has 0 aliphatic heterocycles. The Morgan fingerprint density at radius 3 is 2.80 bits per heavy atom. The molecule has 3 atom stereocenters. The van der Waals surface area contributed by atoms with Crippen molar-refractivity contribution in [2.24, 2.45) is 11.8 Å². The highest BCUT2D eigenvalue weighted by Gasteiger charge is 2.26. The van der Waals surface area contributed by atoms with Gasteiger partial charge in [0.15, 0.2) is 0 Å². The van der Waals surface area contributed by atoms with Crippen molar-refractivity contribution >= 4 is 11.5 Å². The molecule has 1 aromatic rings. The van der Waals surface area contributed by atoms with Crippen LogP contribution in [0.2, 0.25) is 0 Å². The molecule has 1 aliphatic carbocycles. The highest BCUT2D eigenvalue weighted by Crippen LogP contribution is 2.30. The molecule has 0 bridgehead atoms. The molecule has 2 rings (SSSR count). The second-order valence-electron chi connectivity index (χ2n) is 5.58. The van der Waals surface area contributed by atoms with Gasteiger partial charge in [0.2, 0.25) is 5.69 Å². The lowest BCUT2D eigenvalue weighted by molar-refractivity contribution is -0.385. The molecule has 6 nitrogen and oxygen atoms in total. The summed E-state index contributed by atoms with van der Waals surface area (Å²) >= 11 is 0. The summed E-state index contributed by atoms with van der Waals surface area (Å²) in [5.41, 5.74) is -0.389. The van der Waals surface area contributed by atoms with Crippen LogP contribution in [0, 0.1) is 33.3 Å². The topological polar surface area (TPSA) is 91.9 Å². The summed E-state index contributed by atoms with van der Waals surface area (Å²) in [5.74, 6) is 1.81. The zero-order valence-electron chi connectivity index (χ0n) is 11.7. The van der Waals surface area contributed by atoms with E-state index in [0.717, 1.165) is 18.8 Å². The van der Waals surface area contributed by atoms with E-state index >= 15 is 0 Å². The number of aromatic nitrogens is 1. The van der Waals surface area contributed by atoms with Gasteiger partial charge in [0.1, 0.15) is 11.9 Å². The van der Waals surface area contributed by atoms with E-state index < -0.39 is 4.92 Å². The Bertz CT molecular complexity index is 553. The number of nitriles is 1. The van der Waals surface area contributed by atoms with Crippen molar-refractivity contribution in [3.05, 3.63) is 27.9 Å². The molecule has 1 aliphatic rings. The van der Waals surface area contributed by atoms with Gasteiger partial charge < -0.3 is 5.32 Å². The van der Waals surface area contributed by atoms with Crippen molar-refractivity contribution in [1.29, 1.82) is 5.26 Å². The van der Waals surface area contributed by atoms with Gasteiger partial charge in [-0.15, -0.1) is 0 Å². The van der Waals surface area contributed by atoms with Gasteiger partial charge in [-0.2, -0.15) is 5.26 Å². The summed E-state index contributed by atoms with van der Waals surface area (Å²) in [6.45, 7) is 4.45. The zero-order chi connectivity index (χ0) is 14.7. The second-order valence-corrected chi connectivity index (χ2v) is 5.58. The van der Waals surface area contributed by atoms with E-state index in [1.807, 2.05) is 0 Å². The first-order valence-electron chi connectivity index (χ1n) is 6.83. The van der Waals surface area contributed by atoms with Crippen LogP contribution >= 0.6 is 0 Å². The molecule has 106 valence electrons. The highest BCUT2D eigenvalue weighted by molar-refractivity contribution is 5.50. The molecule has 0 aromatic carbocycles. The first kappa shape index (κ1) is 14.3. The lowest BCUT2D eigenvalue weighted by Crippen LogP contribution is -2.33. The van der Waals surface area contributed by atoms with E-state index in [1.165, 1.54) is 12.5 Å². The number of rotatable bonds is 3. The van der Waals surface area contributed by atoms with Gasteiger partial charge in [-0.25, -0.2) is 4.98 Å². The fourth-order valence-corrected chi connectivity index (χ4v) is 2.83. The maximum Gasteiger partial charge on any atom is 0.305 e. The van der Waals surface area contributed by atoms with E-state index in [2.05, 4.69) is 24.1 Å². The van der Waals surface area contributed by atoms with E-state index in [-0.39, 0.29) is 11.4 Å². The maximum atomic E-state index is 10.8. The largest absolute Gasteiger partial charge is 0.367 e. The fourth-order valence-electron chi connectivity index (χ4n) is 2.83. The van der Waals surface area contributed by atoms with E-state index in [4.69, 9.17) is 5.26 Å². The van der Waals surface area contributed by atoms with Crippen LogP contribution in [-0.4, -0.2) is 15.9 Å². The molecular weight excluding hydrogens is 256 g/mol. The Kier molecular flexibility index (Phi) is 4.18. The Labute approximate surface area is 118 Å². The van der Waals surface area contributed by atoms with Crippen molar-refractivity contribution in [2.75, 3.05) is 5.32 Å². The minimum Gasteiger partial charge on any atom is -0.367 e. The van der Waals surface area contributed by atoms with Crippen molar-refractivity contribution in [1.82, 2.24) is 4.98 Å². The van der Waals surface area contributed by atoms with Crippen molar-refractivity contribution in [3.8, 4) is 6.07 Å². The number of nitrogens with zero attached hydrogens (tertiary/aromatic N) is 3. The van der Waals surface area contributed by atoms with Gasteiger partial charge in [-0.1, -0.05) is 13.8 Å². The quantitative estimate of drug-likeness (QED) is 0.675. The normalized spacial score (nSPS) is 25.8. The summed E-state index contributed by atoms with van der Waals surface area (Å²) in [6, 6.07) is 5.00. The Morgan fingerprint density at radius 2 is 2.20 bits per heavy atom. The van der Waals surface area contributed by atoms with Gasteiger partial charge in [-0.3, -0.25) is 10.1 Å². The molecule has 3 unspecified atom stereocenters. The van der Waals surface area contributed by atoms with E-state index in [9.17, 15) is 10.1 Å². The number of pyridine rings is 1. The predicted molar refractivity (Wildman–Crippen MR) is 75.2 cm³/mol. The number of nitro groups is 1. The van der Waals surface area contributed by atoms with Gasteiger partial charge >= 0.3 is 5.69 Å². The van der Waals surface area contributed by atoms with Crippen molar-refractivity contribution in [2.45, 2.75) is 39.2 Å². The summed E-state index contributed by atoms with van der Waals surface area (Å²) in [6.07, 6.45) is 3.39. The molecule has 1 heterocycles.